The van der Waals surface area contributed by atoms with E-state index in [0.717, 1.165) is 11.3 Å². The second-order valence-electron chi connectivity index (χ2n) is 4.46. The van der Waals surface area contributed by atoms with Crippen molar-refractivity contribution in [2.24, 2.45) is 0 Å². The number of nitrogens with zero attached hydrogens (tertiary/aromatic N) is 3. The molecule has 0 spiro atoms. The van der Waals surface area contributed by atoms with Crippen molar-refractivity contribution in [1.82, 2.24) is 20.1 Å². The van der Waals surface area contributed by atoms with E-state index < -0.39 is 0 Å². The fourth-order valence-electron chi connectivity index (χ4n) is 1.95. The normalized spacial score (nSPS) is 10.5. The predicted molar refractivity (Wildman–Crippen MR) is 76.5 cm³/mol. The van der Waals surface area contributed by atoms with E-state index in [4.69, 9.17) is 4.42 Å². The van der Waals surface area contributed by atoms with Crippen LogP contribution in [0.5, 0.6) is 0 Å². The summed E-state index contributed by atoms with van der Waals surface area (Å²) in [4.78, 5) is 15.7. The highest BCUT2D eigenvalue weighted by Gasteiger charge is 2.06. The number of hydrogen-bond donors (Lipinski definition) is 1. The first-order chi connectivity index (χ1) is 10.3. The molecule has 21 heavy (non-hydrogen) atoms. The molecule has 0 radical (unpaired) electrons. The molecular formula is C15H14N4O2. The minimum Gasteiger partial charge on any atom is -0.464 e. The predicted octanol–water partition coefficient (Wildman–Crippen LogP) is 1.97. The summed E-state index contributed by atoms with van der Waals surface area (Å²) in [6, 6.07) is 7.07. The Morgan fingerprint density at radius 2 is 2.14 bits per heavy atom. The van der Waals surface area contributed by atoms with Gasteiger partial charge in [-0.25, -0.2) is 0 Å². The maximum absolute atomic E-state index is 11.8. The topological polar surface area (TPSA) is 73.0 Å². The Bertz CT molecular complexity index is 704. The second kappa shape index (κ2) is 6.04. The molecule has 1 N–H and O–H groups in total. The summed E-state index contributed by atoms with van der Waals surface area (Å²) in [5, 5.41) is 7.08. The standard InChI is InChI=1S/C15H14N4O2/c20-15(12-3-5-16-6-4-12)17-7-8-19-11-13(10-18-19)14-2-1-9-21-14/h1-6,9-11H,7-8H2,(H,17,20). The number of furan rings is 1. The Morgan fingerprint density at radius 3 is 2.90 bits per heavy atom. The van der Waals surface area contributed by atoms with Gasteiger partial charge in [0.1, 0.15) is 5.76 Å². The number of nitrogens with one attached hydrogen (secondary N) is 1. The number of pyridine rings is 1. The smallest absolute Gasteiger partial charge is 0.251 e. The Hall–Kier alpha value is -2.89. The van der Waals surface area contributed by atoms with E-state index in [1.54, 1.807) is 41.7 Å². The van der Waals surface area contributed by atoms with Crippen molar-refractivity contribution in [2.75, 3.05) is 6.54 Å². The third kappa shape index (κ3) is 3.17. The largest absolute Gasteiger partial charge is 0.464 e. The highest BCUT2D eigenvalue weighted by molar-refractivity contribution is 5.93. The molecule has 0 saturated carbocycles. The van der Waals surface area contributed by atoms with Gasteiger partial charge in [-0.05, 0) is 24.3 Å². The van der Waals surface area contributed by atoms with Crippen molar-refractivity contribution in [3.63, 3.8) is 0 Å². The molecule has 0 unspecified atom stereocenters. The first-order valence-electron chi connectivity index (χ1n) is 6.57. The van der Waals surface area contributed by atoms with Crippen LogP contribution in [0.2, 0.25) is 0 Å². The second-order valence-corrected chi connectivity index (χ2v) is 4.46. The number of amides is 1. The van der Waals surface area contributed by atoms with Gasteiger partial charge in [-0.2, -0.15) is 5.10 Å². The zero-order chi connectivity index (χ0) is 14.5. The molecule has 3 rings (SSSR count). The molecule has 0 aromatic carbocycles. The van der Waals surface area contributed by atoms with E-state index in [1.165, 1.54) is 0 Å². The Kier molecular flexibility index (Phi) is 3.77. The van der Waals surface area contributed by atoms with Gasteiger partial charge >= 0.3 is 0 Å². The lowest BCUT2D eigenvalue weighted by molar-refractivity contribution is 0.0952. The molecule has 0 aliphatic carbocycles. The van der Waals surface area contributed by atoms with Crippen LogP contribution in [0.1, 0.15) is 10.4 Å². The summed E-state index contributed by atoms with van der Waals surface area (Å²) in [7, 11) is 0. The average molecular weight is 282 g/mol. The zero-order valence-electron chi connectivity index (χ0n) is 11.3. The molecule has 3 aromatic rings. The summed E-state index contributed by atoms with van der Waals surface area (Å²) in [6.45, 7) is 1.10. The minimum atomic E-state index is -0.115. The average Bonchev–Trinajstić information content (AvgIpc) is 3.19. The van der Waals surface area contributed by atoms with Gasteiger partial charge in [0, 0.05) is 30.7 Å². The maximum Gasteiger partial charge on any atom is 0.251 e. The van der Waals surface area contributed by atoms with E-state index in [9.17, 15) is 4.79 Å². The fourth-order valence-corrected chi connectivity index (χ4v) is 1.95. The summed E-state index contributed by atoms with van der Waals surface area (Å²) in [5.74, 6) is 0.665. The molecule has 1 amide bonds. The summed E-state index contributed by atoms with van der Waals surface area (Å²) in [5.41, 5.74) is 1.52. The number of carbonyl (C=O) groups is 1. The van der Waals surface area contributed by atoms with Gasteiger partial charge < -0.3 is 9.73 Å². The first-order valence-corrected chi connectivity index (χ1v) is 6.57. The monoisotopic (exact) mass is 282 g/mol. The molecule has 0 saturated heterocycles. The quantitative estimate of drug-likeness (QED) is 0.776. The number of aromatic nitrogens is 3. The lowest BCUT2D eigenvalue weighted by Crippen LogP contribution is -2.27. The van der Waals surface area contributed by atoms with Crippen molar-refractivity contribution in [3.05, 3.63) is 60.9 Å². The number of rotatable bonds is 5. The van der Waals surface area contributed by atoms with Crippen LogP contribution in [-0.4, -0.2) is 27.2 Å². The fraction of sp³-hybridized carbons (Fsp3) is 0.133. The highest BCUT2D eigenvalue weighted by atomic mass is 16.3. The van der Waals surface area contributed by atoms with Gasteiger partial charge in [0.15, 0.2) is 0 Å². The van der Waals surface area contributed by atoms with Crippen LogP contribution >= 0.6 is 0 Å². The van der Waals surface area contributed by atoms with Crippen LogP contribution < -0.4 is 5.32 Å². The molecule has 0 fully saturated rings. The lowest BCUT2D eigenvalue weighted by atomic mass is 10.2. The molecule has 106 valence electrons. The van der Waals surface area contributed by atoms with Crippen LogP contribution in [0.3, 0.4) is 0 Å². The summed E-state index contributed by atoms with van der Waals surface area (Å²) >= 11 is 0. The van der Waals surface area contributed by atoms with Crippen LogP contribution in [0.15, 0.2) is 59.7 Å². The maximum atomic E-state index is 11.8. The van der Waals surface area contributed by atoms with Crippen molar-refractivity contribution in [2.45, 2.75) is 6.54 Å². The zero-order valence-corrected chi connectivity index (χ0v) is 11.3. The molecular weight excluding hydrogens is 268 g/mol. The van der Waals surface area contributed by atoms with Gasteiger partial charge in [0.05, 0.1) is 24.6 Å². The van der Waals surface area contributed by atoms with Crippen LogP contribution in [0, 0.1) is 0 Å². The van der Waals surface area contributed by atoms with Crippen molar-refractivity contribution < 1.29 is 9.21 Å². The van der Waals surface area contributed by atoms with Crippen molar-refractivity contribution in [1.29, 1.82) is 0 Å². The lowest BCUT2D eigenvalue weighted by Gasteiger charge is -2.05. The van der Waals surface area contributed by atoms with Crippen molar-refractivity contribution in [3.8, 4) is 11.3 Å². The SMILES string of the molecule is O=C(NCCn1cc(-c2ccco2)cn1)c1ccncc1. The number of hydrogen-bond acceptors (Lipinski definition) is 4. The van der Waals surface area contributed by atoms with Gasteiger partial charge in [-0.15, -0.1) is 0 Å². The van der Waals surface area contributed by atoms with E-state index >= 15 is 0 Å². The number of carbonyl (C=O) groups excluding carboxylic acids is 1. The van der Waals surface area contributed by atoms with Gasteiger partial charge in [-0.3, -0.25) is 14.5 Å². The van der Waals surface area contributed by atoms with E-state index in [-0.39, 0.29) is 5.91 Å². The third-order valence-corrected chi connectivity index (χ3v) is 3.01. The van der Waals surface area contributed by atoms with Crippen LogP contribution in [-0.2, 0) is 6.54 Å². The van der Waals surface area contributed by atoms with Gasteiger partial charge in [-0.1, -0.05) is 0 Å². The van der Waals surface area contributed by atoms with Gasteiger partial charge in [0.25, 0.3) is 5.91 Å². The Morgan fingerprint density at radius 1 is 1.29 bits per heavy atom. The molecule has 0 aliphatic heterocycles. The summed E-state index contributed by atoms with van der Waals surface area (Å²) < 4.78 is 7.07. The Labute approximate surface area is 121 Å². The third-order valence-electron chi connectivity index (χ3n) is 3.01. The molecule has 3 heterocycles. The molecule has 0 aliphatic rings. The van der Waals surface area contributed by atoms with Gasteiger partial charge in [0.2, 0.25) is 0 Å². The van der Waals surface area contributed by atoms with E-state index in [1.807, 2.05) is 18.3 Å². The molecule has 6 nitrogen and oxygen atoms in total. The van der Waals surface area contributed by atoms with Crippen LogP contribution in [0.4, 0.5) is 0 Å². The van der Waals surface area contributed by atoms with Crippen LogP contribution in [0.25, 0.3) is 11.3 Å². The highest BCUT2D eigenvalue weighted by Crippen LogP contribution is 2.18. The molecule has 3 aromatic heterocycles. The molecule has 0 atom stereocenters. The molecule has 0 bridgehead atoms. The first kappa shape index (κ1) is 13.1. The Balaban J connectivity index is 1.53. The summed E-state index contributed by atoms with van der Waals surface area (Å²) in [6.07, 6.45) is 8.44. The molecule has 6 heteroatoms. The van der Waals surface area contributed by atoms with E-state index in [0.29, 0.717) is 18.7 Å². The van der Waals surface area contributed by atoms with E-state index in [2.05, 4.69) is 15.4 Å². The minimum absolute atomic E-state index is 0.115. The van der Waals surface area contributed by atoms with Crippen molar-refractivity contribution >= 4 is 5.91 Å².